The average molecular weight is 549 g/mol. The molecule has 0 saturated carbocycles. The van der Waals surface area contributed by atoms with Gasteiger partial charge in [-0.3, -0.25) is 4.98 Å². The second-order valence-corrected chi connectivity index (χ2v) is 11.1. The van der Waals surface area contributed by atoms with E-state index in [1.54, 1.807) is 17.8 Å². The molecule has 0 fully saturated rings. The number of imidazole rings is 1. The predicted octanol–water partition coefficient (Wildman–Crippen LogP) is 8.78. The van der Waals surface area contributed by atoms with E-state index < -0.39 is 0 Å². The minimum absolute atomic E-state index is 0.237. The molecule has 5 aromatic rings. The summed E-state index contributed by atoms with van der Waals surface area (Å²) in [5.74, 6) is 1.12. The summed E-state index contributed by atoms with van der Waals surface area (Å²) in [6.07, 6.45) is 1.95. The zero-order valence-electron chi connectivity index (χ0n) is 20.7. The van der Waals surface area contributed by atoms with Gasteiger partial charge in [-0.2, -0.15) is 0 Å². The fourth-order valence-electron chi connectivity index (χ4n) is 4.33. The zero-order chi connectivity index (χ0) is 25.8. The van der Waals surface area contributed by atoms with Gasteiger partial charge in [-0.05, 0) is 47.4 Å². The van der Waals surface area contributed by atoms with Crippen LogP contribution in [0.5, 0.6) is 0 Å². The first kappa shape index (κ1) is 25.8. The van der Waals surface area contributed by atoms with Gasteiger partial charge in [-0.15, -0.1) is 0 Å². The maximum Gasteiger partial charge on any atom is 0.136 e. The normalized spacial score (nSPS) is 11.5. The lowest BCUT2D eigenvalue weighted by molar-refractivity contribution is 0.0993. The molecule has 0 aliphatic heterocycles. The highest BCUT2D eigenvalue weighted by molar-refractivity contribution is 7.99. The van der Waals surface area contributed by atoms with Gasteiger partial charge in [0.25, 0.3) is 0 Å². The summed E-state index contributed by atoms with van der Waals surface area (Å²) in [5.41, 5.74) is 4.38. The maximum absolute atomic E-state index is 6.29. The minimum Gasteiger partial charge on any atom is -0.369 e. The van der Waals surface area contributed by atoms with Crippen molar-refractivity contribution in [1.82, 2.24) is 14.5 Å². The third-order valence-electron chi connectivity index (χ3n) is 5.98. The molecular formula is C30H27Cl2N3OS. The highest BCUT2D eigenvalue weighted by atomic mass is 35.5. The van der Waals surface area contributed by atoms with E-state index in [1.165, 1.54) is 0 Å². The van der Waals surface area contributed by atoms with E-state index in [1.807, 2.05) is 54.7 Å². The molecule has 0 spiro atoms. The Kier molecular flexibility index (Phi) is 8.16. The first-order chi connectivity index (χ1) is 18.0. The van der Waals surface area contributed by atoms with Crippen molar-refractivity contribution in [3.63, 3.8) is 0 Å². The van der Waals surface area contributed by atoms with Crippen LogP contribution in [0.15, 0.2) is 95.0 Å². The molecule has 0 amide bonds. The molecule has 2 heterocycles. The maximum atomic E-state index is 6.29. The zero-order valence-corrected chi connectivity index (χ0v) is 23.0. The molecule has 0 saturated heterocycles. The van der Waals surface area contributed by atoms with Gasteiger partial charge in [0, 0.05) is 26.5 Å². The first-order valence-corrected chi connectivity index (χ1v) is 13.7. The lowest BCUT2D eigenvalue weighted by Gasteiger charge is -2.16. The molecule has 0 atom stereocenters. The number of hydrogen-bond donors (Lipinski definition) is 0. The SMILES string of the molecule is CC(C)c1c(Sc2cc(Cl)cc(Cl)c2)nc(COCc2ccccc2)n1Cc1cnc2ccccc2c1. The van der Waals surface area contributed by atoms with Gasteiger partial charge < -0.3 is 9.30 Å². The summed E-state index contributed by atoms with van der Waals surface area (Å²) >= 11 is 14.2. The molecule has 0 aliphatic rings. The van der Waals surface area contributed by atoms with Gasteiger partial charge in [-0.1, -0.05) is 97.3 Å². The molecule has 3 aromatic carbocycles. The number of aromatic nitrogens is 3. The Morgan fingerprint density at radius 2 is 1.59 bits per heavy atom. The Morgan fingerprint density at radius 1 is 0.865 bits per heavy atom. The van der Waals surface area contributed by atoms with E-state index in [4.69, 9.17) is 32.9 Å². The van der Waals surface area contributed by atoms with Crippen molar-refractivity contribution in [2.24, 2.45) is 0 Å². The number of fused-ring (bicyclic) bond motifs is 1. The molecule has 0 radical (unpaired) electrons. The summed E-state index contributed by atoms with van der Waals surface area (Å²) in [4.78, 5) is 10.7. The Balaban J connectivity index is 1.51. The van der Waals surface area contributed by atoms with E-state index in [2.05, 4.69) is 47.7 Å². The van der Waals surface area contributed by atoms with Crippen molar-refractivity contribution in [3.05, 3.63) is 118 Å². The van der Waals surface area contributed by atoms with Crippen LogP contribution in [0.2, 0.25) is 10.0 Å². The van der Waals surface area contributed by atoms with Crippen LogP contribution in [-0.2, 0) is 24.5 Å². The Labute approximate surface area is 231 Å². The van der Waals surface area contributed by atoms with E-state index >= 15 is 0 Å². The molecule has 2 aromatic heterocycles. The number of benzene rings is 3. The summed E-state index contributed by atoms with van der Waals surface area (Å²) in [5, 5.41) is 3.26. The highest BCUT2D eigenvalue weighted by Crippen LogP contribution is 2.37. The number of pyridine rings is 1. The van der Waals surface area contributed by atoms with Crippen molar-refractivity contribution < 1.29 is 4.74 Å². The van der Waals surface area contributed by atoms with Crippen molar-refractivity contribution in [2.75, 3.05) is 0 Å². The molecule has 7 heteroatoms. The van der Waals surface area contributed by atoms with Crippen LogP contribution in [0.3, 0.4) is 0 Å². The smallest absolute Gasteiger partial charge is 0.136 e. The monoisotopic (exact) mass is 547 g/mol. The lowest BCUT2D eigenvalue weighted by Crippen LogP contribution is -2.11. The fourth-order valence-corrected chi connectivity index (χ4v) is 6.18. The number of ether oxygens (including phenoxy) is 1. The molecular weight excluding hydrogens is 521 g/mol. The highest BCUT2D eigenvalue weighted by Gasteiger charge is 2.21. The molecule has 188 valence electrons. The number of hydrogen-bond acceptors (Lipinski definition) is 4. The van der Waals surface area contributed by atoms with Gasteiger partial charge in [-0.25, -0.2) is 4.98 Å². The average Bonchev–Trinajstić information content (AvgIpc) is 3.20. The van der Waals surface area contributed by atoms with Crippen LogP contribution in [-0.4, -0.2) is 14.5 Å². The van der Waals surface area contributed by atoms with E-state index in [0.717, 1.165) is 43.5 Å². The van der Waals surface area contributed by atoms with Crippen LogP contribution in [0.4, 0.5) is 0 Å². The fraction of sp³-hybridized carbons (Fsp3) is 0.200. The summed E-state index contributed by atoms with van der Waals surface area (Å²) < 4.78 is 8.41. The Hall–Kier alpha value is -2.83. The van der Waals surface area contributed by atoms with Crippen molar-refractivity contribution >= 4 is 45.9 Å². The van der Waals surface area contributed by atoms with Crippen LogP contribution in [0.1, 0.15) is 42.4 Å². The number of rotatable bonds is 9. The predicted molar refractivity (Wildman–Crippen MR) is 153 cm³/mol. The van der Waals surface area contributed by atoms with Crippen LogP contribution < -0.4 is 0 Å². The molecule has 4 nitrogen and oxygen atoms in total. The van der Waals surface area contributed by atoms with Crippen molar-refractivity contribution in [3.8, 4) is 0 Å². The topological polar surface area (TPSA) is 39.9 Å². The Morgan fingerprint density at radius 3 is 2.35 bits per heavy atom. The molecule has 0 N–H and O–H groups in total. The Bertz CT molecular complexity index is 1500. The molecule has 37 heavy (non-hydrogen) atoms. The standard InChI is InChI=1S/C30H27Cl2N3OS/c1-20(2)29-30(37-26-14-24(31)13-25(32)15-26)34-28(19-36-18-21-8-4-3-5-9-21)35(29)17-22-12-23-10-6-7-11-27(23)33-16-22/h3-16,20H,17-19H2,1-2H3. The molecule has 5 rings (SSSR count). The molecule has 0 bridgehead atoms. The number of nitrogens with zero attached hydrogens (tertiary/aromatic N) is 3. The van der Waals surface area contributed by atoms with Gasteiger partial charge >= 0.3 is 0 Å². The quantitative estimate of drug-likeness (QED) is 0.185. The third-order valence-corrected chi connectivity index (χ3v) is 7.38. The molecule has 0 unspecified atom stereocenters. The third kappa shape index (κ3) is 6.36. The van der Waals surface area contributed by atoms with Crippen molar-refractivity contribution in [2.45, 2.75) is 49.4 Å². The summed E-state index contributed by atoms with van der Waals surface area (Å²) in [7, 11) is 0. The second-order valence-electron chi connectivity index (χ2n) is 9.18. The summed E-state index contributed by atoms with van der Waals surface area (Å²) in [6, 6.07) is 26.1. The minimum atomic E-state index is 0.237. The van der Waals surface area contributed by atoms with Gasteiger partial charge in [0.1, 0.15) is 17.5 Å². The van der Waals surface area contributed by atoms with Crippen molar-refractivity contribution in [1.29, 1.82) is 0 Å². The number of para-hydroxylation sites is 1. The van der Waals surface area contributed by atoms with E-state index in [9.17, 15) is 0 Å². The van der Waals surface area contributed by atoms with E-state index in [0.29, 0.717) is 29.8 Å². The molecule has 0 aliphatic carbocycles. The van der Waals surface area contributed by atoms with E-state index in [-0.39, 0.29) is 5.92 Å². The summed E-state index contributed by atoms with van der Waals surface area (Å²) in [6.45, 7) is 5.95. The lowest BCUT2D eigenvalue weighted by atomic mass is 10.1. The first-order valence-electron chi connectivity index (χ1n) is 12.1. The van der Waals surface area contributed by atoms with Crippen LogP contribution in [0.25, 0.3) is 10.9 Å². The number of halogens is 2. The van der Waals surface area contributed by atoms with Gasteiger partial charge in [0.15, 0.2) is 0 Å². The van der Waals surface area contributed by atoms with Gasteiger partial charge in [0.2, 0.25) is 0 Å². The van der Waals surface area contributed by atoms with Crippen LogP contribution in [0, 0.1) is 0 Å². The second kappa shape index (κ2) is 11.7. The largest absolute Gasteiger partial charge is 0.369 e. The van der Waals surface area contributed by atoms with Crippen LogP contribution >= 0.6 is 35.0 Å². The van der Waals surface area contributed by atoms with Gasteiger partial charge in [0.05, 0.1) is 24.4 Å².